The third-order valence-electron chi connectivity index (χ3n) is 2.87. The van der Waals surface area contributed by atoms with Crippen molar-refractivity contribution < 1.29 is 9.90 Å². The summed E-state index contributed by atoms with van der Waals surface area (Å²) in [5.74, 6) is -0.481. The highest BCUT2D eigenvalue weighted by Gasteiger charge is 2.21. The lowest BCUT2D eigenvalue weighted by Gasteiger charge is -2.15. The number of carbonyl (C=O) groups is 1. The van der Waals surface area contributed by atoms with Crippen LogP contribution < -0.4 is 0 Å². The Hall–Kier alpha value is -2.32. The average molecular weight is 279 g/mol. The van der Waals surface area contributed by atoms with E-state index in [0.29, 0.717) is 24.7 Å². The van der Waals surface area contributed by atoms with E-state index in [9.17, 15) is 9.90 Å². The Kier molecular flexibility index (Phi) is 4.38. The van der Waals surface area contributed by atoms with E-state index in [1.165, 1.54) is 11.0 Å². The number of tetrazole rings is 1. The third kappa shape index (κ3) is 3.59. The summed E-state index contributed by atoms with van der Waals surface area (Å²) in [5, 5.41) is 24.6. The molecule has 0 aliphatic carbocycles. The van der Waals surface area contributed by atoms with Gasteiger partial charge in [0.2, 0.25) is 0 Å². The van der Waals surface area contributed by atoms with Crippen LogP contribution in [0, 0.1) is 11.8 Å². The lowest BCUT2D eigenvalue weighted by atomic mass is 9.97. The van der Waals surface area contributed by atoms with Crippen molar-refractivity contribution in [1.29, 1.82) is 0 Å². The van der Waals surface area contributed by atoms with Gasteiger partial charge in [-0.1, -0.05) is 13.8 Å². The number of hydrogen-bond donors (Lipinski definition) is 1. The first-order valence-corrected chi connectivity index (χ1v) is 6.36. The quantitative estimate of drug-likeness (QED) is 0.762. The topological polar surface area (TPSA) is 112 Å². The molecular formula is C11H17N7O2. The molecule has 1 N–H and O–H groups in total. The normalized spacial score (nSPS) is 12.8. The van der Waals surface area contributed by atoms with Gasteiger partial charge < -0.3 is 5.11 Å². The Bertz CT molecular complexity index is 549. The van der Waals surface area contributed by atoms with Gasteiger partial charge >= 0.3 is 5.97 Å². The third-order valence-corrected chi connectivity index (χ3v) is 2.87. The van der Waals surface area contributed by atoms with Gasteiger partial charge in [-0.05, 0) is 22.8 Å². The lowest BCUT2D eigenvalue weighted by molar-refractivity contribution is -0.142. The molecule has 20 heavy (non-hydrogen) atoms. The second kappa shape index (κ2) is 6.22. The van der Waals surface area contributed by atoms with Crippen LogP contribution in [0.25, 0.3) is 0 Å². The molecule has 2 rings (SSSR count). The number of aliphatic carboxylic acids is 1. The number of carboxylic acid groups (broad SMARTS) is 1. The van der Waals surface area contributed by atoms with Crippen molar-refractivity contribution in [3.8, 4) is 0 Å². The molecular weight excluding hydrogens is 262 g/mol. The minimum absolute atomic E-state index is 0.255. The van der Waals surface area contributed by atoms with Crippen molar-refractivity contribution in [2.75, 3.05) is 0 Å². The first-order chi connectivity index (χ1) is 9.56. The summed E-state index contributed by atoms with van der Waals surface area (Å²) in [7, 11) is 0. The molecule has 108 valence electrons. The second-order valence-electron chi connectivity index (χ2n) is 5.03. The number of rotatable bonds is 7. The number of nitrogens with zero attached hydrogens (tertiary/aromatic N) is 7. The molecule has 2 aromatic rings. The maximum absolute atomic E-state index is 11.3. The van der Waals surface area contributed by atoms with Crippen molar-refractivity contribution in [3.63, 3.8) is 0 Å². The highest BCUT2D eigenvalue weighted by molar-refractivity contribution is 5.69. The van der Waals surface area contributed by atoms with Crippen LogP contribution in [0.1, 0.15) is 26.1 Å². The summed E-state index contributed by atoms with van der Waals surface area (Å²) in [6.45, 7) is 4.60. The van der Waals surface area contributed by atoms with E-state index >= 15 is 0 Å². The maximum Gasteiger partial charge on any atom is 0.308 e. The van der Waals surface area contributed by atoms with Crippen molar-refractivity contribution in [2.45, 2.75) is 33.4 Å². The molecule has 9 heteroatoms. The summed E-state index contributed by atoms with van der Waals surface area (Å²) in [6, 6.07) is 0. The molecule has 0 aliphatic rings. The van der Waals surface area contributed by atoms with E-state index in [-0.39, 0.29) is 6.54 Å². The number of aromatic nitrogens is 7. The summed E-state index contributed by atoms with van der Waals surface area (Å²) in [6.07, 6.45) is 3.56. The molecule has 9 nitrogen and oxygen atoms in total. The first-order valence-electron chi connectivity index (χ1n) is 6.36. The van der Waals surface area contributed by atoms with Gasteiger partial charge in [0, 0.05) is 0 Å². The fraction of sp³-hybridized carbons (Fsp3) is 0.636. The van der Waals surface area contributed by atoms with E-state index < -0.39 is 11.9 Å². The van der Waals surface area contributed by atoms with Crippen molar-refractivity contribution in [1.82, 2.24) is 35.0 Å². The Morgan fingerprint density at radius 1 is 1.45 bits per heavy atom. The molecule has 2 aromatic heterocycles. The molecule has 0 saturated carbocycles. The van der Waals surface area contributed by atoms with Gasteiger partial charge in [-0.3, -0.25) is 4.79 Å². The van der Waals surface area contributed by atoms with E-state index in [1.807, 2.05) is 13.8 Å². The zero-order valence-corrected chi connectivity index (χ0v) is 11.4. The summed E-state index contributed by atoms with van der Waals surface area (Å²) in [4.78, 5) is 15.1. The fourth-order valence-corrected chi connectivity index (χ4v) is 1.97. The average Bonchev–Trinajstić information content (AvgIpc) is 3.01. The first kappa shape index (κ1) is 14.1. The Morgan fingerprint density at radius 2 is 2.25 bits per heavy atom. The zero-order chi connectivity index (χ0) is 14.5. The predicted molar refractivity (Wildman–Crippen MR) is 67.5 cm³/mol. The molecule has 1 atom stereocenters. The molecule has 0 amide bonds. The van der Waals surface area contributed by atoms with Gasteiger partial charge in [-0.25, -0.2) is 14.3 Å². The predicted octanol–water partition coefficient (Wildman–Crippen LogP) is 0.0598. The van der Waals surface area contributed by atoms with Gasteiger partial charge in [-0.15, -0.1) is 5.10 Å². The minimum Gasteiger partial charge on any atom is -0.481 e. The van der Waals surface area contributed by atoms with Gasteiger partial charge in [0.25, 0.3) is 0 Å². The molecule has 1 unspecified atom stereocenters. The van der Waals surface area contributed by atoms with Crippen molar-refractivity contribution >= 4 is 5.97 Å². The maximum atomic E-state index is 11.3. The molecule has 0 aromatic carbocycles. The SMILES string of the molecule is CC(C)CC(Cn1nnnc1Cn1cncn1)C(=O)O. The fourth-order valence-electron chi connectivity index (χ4n) is 1.97. The van der Waals surface area contributed by atoms with Crippen molar-refractivity contribution in [2.24, 2.45) is 11.8 Å². The Morgan fingerprint density at radius 3 is 2.85 bits per heavy atom. The van der Waals surface area contributed by atoms with Gasteiger partial charge in [0.1, 0.15) is 19.2 Å². The lowest BCUT2D eigenvalue weighted by Crippen LogP contribution is -2.24. The Labute approximate surface area is 115 Å². The van der Waals surface area contributed by atoms with Crippen LogP contribution in [0.15, 0.2) is 12.7 Å². The highest BCUT2D eigenvalue weighted by atomic mass is 16.4. The Balaban J connectivity index is 2.08. The van der Waals surface area contributed by atoms with Gasteiger partial charge in [0.15, 0.2) is 5.82 Å². The smallest absolute Gasteiger partial charge is 0.308 e. The van der Waals surface area contributed by atoms with E-state index in [0.717, 1.165) is 0 Å². The molecule has 0 spiro atoms. The largest absolute Gasteiger partial charge is 0.481 e. The van der Waals surface area contributed by atoms with Crippen LogP contribution in [0.5, 0.6) is 0 Å². The van der Waals surface area contributed by atoms with Crippen molar-refractivity contribution in [3.05, 3.63) is 18.5 Å². The van der Waals surface area contributed by atoms with Crippen LogP contribution >= 0.6 is 0 Å². The standard InChI is InChI=1S/C11H17N7O2/c1-8(2)3-9(11(19)20)4-18-10(14-15-16-18)5-17-7-12-6-13-17/h6-9H,3-5H2,1-2H3,(H,19,20). The van der Waals surface area contributed by atoms with E-state index in [4.69, 9.17) is 0 Å². The van der Waals surface area contributed by atoms with Crippen LogP contribution in [0.2, 0.25) is 0 Å². The molecule has 0 fully saturated rings. The zero-order valence-electron chi connectivity index (χ0n) is 11.4. The van der Waals surface area contributed by atoms with Gasteiger partial charge in [0.05, 0.1) is 12.5 Å². The van der Waals surface area contributed by atoms with Crippen LogP contribution in [0.3, 0.4) is 0 Å². The van der Waals surface area contributed by atoms with E-state index in [1.54, 1.807) is 11.0 Å². The monoisotopic (exact) mass is 279 g/mol. The number of carboxylic acids is 1. The van der Waals surface area contributed by atoms with E-state index in [2.05, 4.69) is 25.6 Å². The molecule has 0 radical (unpaired) electrons. The molecule has 0 saturated heterocycles. The highest BCUT2D eigenvalue weighted by Crippen LogP contribution is 2.14. The molecule has 2 heterocycles. The summed E-state index contributed by atoms with van der Waals surface area (Å²) in [5.41, 5.74) is 0. The molecule has 0 aliphatic heterocycles. The second-order valence-corrected chi connectivity index (χ2v) is 5.03. The van der Waals surface area contributed by atoms with Gasteiger partial charge in [-0.2, -0.15) is 5.10 Å². The van der Waals surface area contributed by atoms with Crippen LogP contribution in [-0.4, -0.2) is 46.0 Å². The van der Waals surface area contributed by atoms with Crippen LogP contribution in [0.4, 0.5) is 0 Å². The molecule has 0 bridgehead atoms. The minimum atomic E-state index is -0.832. The summed E-state index contributed by atoms with van der Waals surface area (Å²) < 4.78 is 3.10. The number of hydrogen-bond acceptors (Lipinski definition) is 6. The van der Waals surface area contributed by atoms with Crippen LogP contribution in [-0.2, 0) is 17.9 Å². The summed E-state index contributed by atoms with van der Waals surface area (Å²) >= 11 is 0.